The molecule has 0 spiro atoms. The topological polar surface area (TPSA) is 77.1 Å². The number of hydrogen-bond acceptors (Lipinski definition) is 5. The van der Waals surface area contributed by atoms with Crippen molar-refractivity contribution >= 4 is 17.7 Å². The molecule has 0 unspecified atom stereocenters. The summed E-state index contributed by atoms with van der Waals surface area (Å²) in [6.45, 7) is 0.852. The molecule has 47 heavy (non-hydrogen) atoms. The molecule has 0 heterocycles. The van der Waals surface area contributed by atoms with Gasteiger partial charge in [0.1, 0.15) is 18.1 Å². The SMILES string of the molecule is COC(=O)CCc1ccc(-c2cccc(N(C)C(=O)NCCc3ccc(-c4ccccc4)cc3)c2)c(OCc2cccc(OC)c2)c1. The lowest BCUT2D eigenvalue weighted by molar-refractivity contribution is -0.140. The van der Waals surface area contributed by atoms with Crippen LogP contribution in [0.1, 0.15) is 23.1 Å². The quantitative estimate of drug-likeness (QED) is 0.133. The fourth-order valence-corrected chi connectivity index (χ4v) is 5.28. The largest absolute Gasteiger partial charge is 0.497 e. The van der Waals surface area contributed by atoms with E-state index in [1.54, 1.807) is 19.1 Å². The van der Waals surface area contributed by atoms with Gasteiger partial charge in [-0.3, -0.25) is 9.69 Å². The zero-order valence-electron chi connectivity index (χ0n) is 27.1. The first kappa shape index (κ1) is 32.8. The molecule has 5 rings (SSSR count). The molecule has 0 aliphatic carbocycles. The molecule has 0 aliphatic heterocycles. The van der Waals surface area contributed by atoms with Crippen LogP contribution in [0, 0.1) is 0 Å². The lowest BCUT2D eigenvalue weighted by Crippen LogP contribution is -2.38. The minimum Gasteiger partial charge on any atom is -0.497 e. The van der Waals surface area contributed by atoms with Gasteiger partial charge >= 0.3 is 12.0 Å². The Hall–Kier alpha value is -5.56. The maximum absolute atomic E-state index is 13.1. The van der Waals surface area contributed by atoms with Crippen molar-refractivity contribution in [1.29, 1.82) is 0 Å². The highest BCUT2D eigenvalue weighted by molar-refractivity contribution is 5.92. The van der Waals surface area contributed by atoms with Crippen LogP contribution in [0.5, 0.6) is 11.5 Å². The molecule has 0 saturated carbocycles. The van der Waals surface area contributed by atoms with E-state index < -0.39 is 0 Å². The van der Waals surface area contributed by atoms with Crippen molar-refractivity contribution < 1.29 is 23.8 Å². The zero-order chi connectivity index (χ0) is 33.0. The number of urea groups is 1. The van der Waals surface area contributed by atoms with Gasteiger partial charge in [-0.2, -0.15) is 0 Å². The van der Waals surface area contributed by atoms with Gasteiger partial charge in [-0.15, -0.1) is 0 Å². The molecule has 5 aromatic carbocycles. The summed E-state index contributed by atoms with van der Waals surface area (Å²) < 4.78 is 16.6. The van der Waals surface area contributed by atoms with Crippen molar-refractivity contribution in [3.05, 3.63) is 138 Å². The number of carbonyl (C=O) groups is 2. The van der Waals surface area contributed by atoms with Gasteiger partial charge in [0.25, 0.3) is 0 Å². The summed E-state index contributed by atoms with van der Waals surface area (Å²) in [5, 5.41) is 3.04. The van der Waals surface area contributed by atoms with Crippen LogP contribution in [0.3, 0.4) is 0 Å². The Morgan fingerprint density at radius 3 is 2.17 bits per heavy atom. The first-order valence-corrected chi connectivity index (χ1v) is 15.7. The summed E-state index contributed by atoms with van der Waals surface area (Å²) in [4.78, 5) is 26.5. The van der Waals surface area contributed by atoms with E-state index in [0.717, 1.165) is 45.7 Å². The van der Waals surface area contributed by atoms with Crippen LogP contribution in [0.2, 0.25) is 0 Å². The molecular weight excluding hydrogens is 588 g/mol. The number of methoxy groups -OCH3 is 2. The van der Waals surface area contributed by atoms with Crippen LogP contribution in [0.4, 0.5) is 10.5 Å². The summed E-state index contributed by atoms with van der Waals surface area (Å²) in [5.74, 6) is 1.17. The molecule has 7 heteroatoms. The molecule has 1 N–H and O–H groups in total. The van der Waals surface area contributed by atoms with Crippen LogP contribution >= 0.6 is 0 Å². The minimum absolute atomic E-state index is 0.185. The number of esters is 1. The van der Waals surface area contributed by atoms with Crippen molar-refractivity contribution in [2.45, 2.75) is 25.9 Å². The van der Waals surface area contributed by atoms with Crippen molar-refractivity contribution in [1.82, 2.24) is 5.32 Å². The average molecular weight is 629 g/mol. The summed E-state index contributed by atoms with van der Waals surface area (Å²) in [6.07, 6.45) is 1.53. The van der Waals surface area contributed by atoms with Gasteiger partial charge in [-0.25, -0.2) is 4.79 Å². The fourth-order valence-electron chi connectivity index (χ4n) is 5.28. The number of aryl methyl sites for hydroxylation is 1. The Kier molecular flexibility index (Phi) is 11.3. The number of nitrogens with zero attached hydrogens (tertiary/aromatic N) is 1. The zero-order valence-corrected chi connectivity index (χ0v) is 27.1. The molecule has 0 aliphatic rings. The number of hydrogen-bond donors (Lipinski definition) is 1. The number of nitrogens with one attached hydrogen (secondary N) is 1. The van der Waals surface area contributed by atoms with Gasteiger partial charge in [-0.05, 0) is 76.6 Å². The fraction of sp³-hybridized carbons (Fsp3) is 0.200. The van der Waals surface area contributed by atoms with Crippen LogP contribution in [-0.4, -0.2) is 39.8 Å². The number of rotatable bonds is 13. The van der Waals surface area contributed by atoms with Crippen molar-refractivity contribution in [2.75, 3.05) is 32.7 Å². The third kappa shape index (κ3) is 9.01. The molecule has 0 bridgehead atoms. The highest BCUT2D eigenvalue weighted by atomic mass is 16.5. The Morgan fingerprint density at radius 1 is 0.681 bits per heavy atom. The molecule has 5 aromatic rings. The van der Waals surface area contributed by atoms with E-state index in [9.17, 15) is 9.59 Å². The molecule has 7 nitrogen and oxygen atoms in total. The predicted octanol–water partition coefficient (Wildman–Crippen LogP) is 8.10. The van der Waals surface area contributed by atoms with Crippen LogP contribution in [0.15, 0.2) is 121 Å². The van der Waals surface area contributed by atoms with E-state index in [1.807, 2.05) is 84.9 Å². The molecule has 0 radical (unpaired) electrons. The Morgan fingerprint density at radius 2 is 1.40 bits per heavy atom. The Balaban J connectivity index is 1.26. The number of amides is 2. The number of ether oxygens (including phenoxy) is 3. The van der Waals surface area contributed by atoms with E-state index in [0.29, 0.717) is 25.3 Å². The molecule has 0 saturated heterocycles. The summed E-state index contributed by atoms with van der Waals surface area (Å²) in [7, 11) is 4.79. The predicted molar refractivity (Wildman–Crippen MR) is 187 cm³/mol. The first-order valence-electron chi connectivity index (χ1n) is 15.7. The van der Waals surface area contributed by atoms with E-state index in [4.69, 9.17) is 14.2 Å². The minimum atomic E-state index is -0.261. The molecule has 240 valence electrons. The molecular formula is C40H40N2O5. The van der Waals surface area contributed by atoms with E-state index in [1.165, 1.54) is 18.2 Å². The van der Waals surface area contributed by atoms with Crippen LogP contribution < -0.4 is 19.7 Å². The second kappa shape index (κ2) is 16.1. The van der Waals surface area contributed by atoms with Gasteiger partial charge in [0.05, 0.1) is 14.2 Å². The number of anilines is 1. The molecule has 2 amide bonds. The van der Waals surface area contributed by atoms with Gasteiger partial charge in [0.2, 0.25) is 0 Å². The number of benzene rings is 5. The maximum Gasteiger partial charge on any atom is 0.321 e. The van der Waals surface area contributed by atoms with Crippen LogP contribution in [-0.2, 0) is 29.0 Å². The molecule has 0 fully saturated rings. The standard InChI is InChI=1S/C40H40N2O5/c1-42(40(44)41-24-23-29-15-19-33(20-16-29)32-10-5-4-6-11-32)35-13-8-12-34(27-35)37-21-17-30(18-22-39(43)46-3)26-38(37)47-28-31-9-7-14-36(25-31)45-2/h4-17,19-21,25-27H,18,22-24,28H2,1-3H3,(H,41,44). The highest BCUT2D eigenvalue weighted by Crippen LogP contribution is 2.34. The maximum atomic E-state index is 13.1. The lowest BCUT2D eigenvalue weighted by Gasteiger charge is -2.20. The average Bonchev–Trinajstić information content (AvgIpc) is 3.13. The van der Waals surface area contributed by atoms with Crippen LogP contribution in [0.25, 0.3) is 22.3 Å². The highest BCUT2D eigenvalue weighted by Gasteiger charge is 2.15. The third-order valence-corrected chi connectivity index (χ3v) is 8.02. The second-order valence-corrected chi connectivity index (χ2v) is 11.2. The van der Waals surface area contributed by atoms with Gasteiger partial charge in [0, 0.05) is 31.3 Å². The van der Waals surface area contributed by atoms with Crippen molar-refractivity contribution in [2.24, 2.45) is 0 Å². The normalized spacial score (nSPS) is 10.6. The summed E-state index contributed by atoms with van der Waals surface area (Å²) in [6, 6.07) is 40.0. The first-order chi connectivity index (χ1) is 22.9. The Labute approximate surface area is 276 Å². The second-order valence-electron chi connectivity index (χ2n) is 11.2. The lowest BCUT2D eigenvalue weighted by atomic mass is 10.00. The summed E-state index contributed by atoms with van der Waals surface area (Å²) in [5.41, 5.74) is 7.97. The van der Waals surface area contributed by atoms with Gasteiger partial charge in [0.15, 0.2) is 0 Å². The van der Waals surface area contributed by atoms with E-state index >= 15 is 0 Å². The molecule has 0 aromatic heterocycles. The smallest absolute Gasteiger partial charge is 0.321 e. The van der Waals surface area contributed by atoms with Crippen molar-refractivity contribution in [3.63, 3.8) is 0 Å². The van der Waals surface area contributed by atoms with Gasteiger partial charge in [-0.1, -0.05) is 91.0 Å². The monoisotopic (exact) mass is 628 g/mol. The van der Waals surface area contributed by atoms with Crippen molar-refractivity contribution in [3.8, 4) is 33.8 Å². The number of carbonyl (C=O) groups excluding carboxylic acids is 2. The molecule has 0 atom stereocenters. The third-order valence-electron chi connectivity index (χ3n) is 8.02. The summed E-state index contributed by atoms with van der Waals surface area (Å²) >= 11 is 0. The van der Waals surface area contributed by atoms with Gasteiger partial charge < -0.3 is 19.5 Å². The Bertz CT molecular complexity index is 1790. The van der Waals surface area contributed by atoms with E-state index in [-0.39, 0.29) is 18.4 Å². The van der Waals surface area contributed by atoms with E-state index in [2.05, 4.69) is 41.7 Å².